The predicted octanol–water partition coefficient (Wildman–Crippen LogP) is 3.20. The van der Waals surface area contributed by atoms with Crippen LogP contribution >= 0.6 is 0 Å². The first kappa shape index (κ1) is 15.0. The number of nitrogens with zero attached hydrogens (tertiary/aromatic N) is 6. The lowest BCUT2D eigenvalue weighted by Crippen LogP contribution is -1.96. The molecule has 4 rings (SSSR count). The van der Waals surface area contributed by atoms with Crippen LogP contribution in [-0.4, -0.2) is 9.97 Å². The molecule has 3 aromatic rings. The molecule has 0 N–H and O–H groups in total. The molecule has 0 aliphatic heterocycles. The van der Waals surface area contributed by atoms with Crippen LogP contribution in [0.5, 0.6) is 0 Å². The number of fused-ring (bicyclic) bond motifs is 4. The number of rotatable bonds is 0. The Bertz CT molecular complexity index is 1300. The van der Waals surface area contributed by atoms with Crippen molar-refractivity contribution >= 4 is 16.6 Å². The Morgan fingerprint density at radius 1 is 0.731 bits per heavy atom. The third-order valence-corrected chi connectivity index (χ3v) is 4.21. The fourth-order valence-corrected chi connectivity index (χ4v) is 3.07. The highest BCUT2D eigenvalue weighted by atomic mass is 14.8. The average Bonchev–Trinajstić information content (AvgIpc) is 3.00. The van der Waals surface area contributed by atoms with Crippen molar-refractivity contribution in [3.05, 3.63) is 64.4 Å². The summed E-state index contributed by atoms with van der Waals surface area (Å²) in [5.41, 5.74) is 4.23. The van der Waals surface area contributed by atoms with Crippen molar-refractivity contribution in [3.63, 3.8) is 0 Å². The third-order valence-electron chi connectivity index (χ3n) is 4.21. The van der Waals surface area contributed by atoms with Gasteiger partial charge in [0.2, 0.25) is 0 Å². The van der Waals surface area contributed by atoms with E-state index in [0.29, 0.717) is 28.0 Å². The van der Waals surface area contributed by atoms with Crippen LogP contribution in [0.1, 0.15) is 22.4 Å². The number of hydrogen-bond acceptors (Lipinski definition) is 6. The van der Waals surface area contributed by atoms with Crippen LogP contribution in [0.3, 0.4) is 0 Å². The number of nitriles is 4. The lowest BCUT2D eigenvalue weighted by atomic mass is 10.0. The maximum atomic E-state index is 9.34. The second-order valence-electron chi connectivity index (χ2n) is 5.55. The predicted molar refractivity (Wildman–Crippen MR) is 91.7 cm³/mol. The molecule has 1 heterocycles. The van der Waals surface area contributed by atoms with E-state index < -0.39 is 0 Å². The summed E-state index contributed by atoms with van der Waals surface area (Å²) in [7, 11) is 0. The molecule has 0 spiro atoms. The Morgan fingerprint density at radius 2 is 1.27 bits per heavy atom. The quantitative estimate of drug-likeness (QED) is 0.456. The number of benzene rings is 2. The van der Waals surface area contributed by atoms with Crippen LogP contribution in [0.4, 0.5) is 0 Å². The molecule has 0 saturated carbocycles. The Hall–Kier alpha value is -4.52. The van der Waals surface area contributed by atoms with E-state index in [1.807, 2.05) is 48.5 Å². The van der Waals surface area contributed by atoms with E-state index in [0.717, 1.165) is 11.1 Å². The summed E-state index contributed by atoms with van der Waals surface area (Å²) in [6, 6.07) is 18.2. The lowest BCUT2D eigenvalue weighted by molar-refractivity contribution is 1.27. The van der Waals surface area contributed by atoms with Crippen LogP contribution in [0, 0.1) is 45.3 Å². The van der Waals surface area contributed by atoms with Crippen molar-refractivity contribution in [1.82, 2.24) is 9.97 Å². The second-order valence-corrected chi connectivity index (χ2v) is 5.55. The SMILES string of the molecule is N#CC(C#N)=C1c2ccccc2-c2nc3cc(C#N)c(C#N)cc3nc21. The highest BCUT2D eigenvalue weighted by molar-refractivity contribution is 6.03. The van der Waals surface area contributed by atoms with Gasteiger partial charge in [0.15, 0.2) is 0 Å². The van der Waals surface area contributed by atoms with Crippen LogP contribution in [-0.2, 0) is 0 Å². The first-order chi connectivity index (χ1) is 12.7. The van der Waals surface area contributed by atoms with Crippen molar-refractivity contribution in [2.75, 3.05) is 0 Å². The molecule has 0 unspecified atom stereocenters. The average molecular weight is 330 g/mol. The summed E-state index contributed by atoms with van der Waals surface area (Å²) in [6.45, 7) is 0. The standard InChI is InChI=1S/C20H6N6/c21-7-11-5-16-17(6-12(11)8-22)26-20-18(13(9-23)10-24)14-3-1-2-4-15(14)19(20)25-16/h1-6H. The summed E-state index contributed by atoms with van der Waals surface area (Å²) in [5, 5.41) is 37.1. The van der Waals surface area contributed by atoms with E-state index in [9.17, 15) is 21.0 Å². The summed E-state index contributed by atoms with van der Waals surface area (Å²) >= 11 is 0. The molecule has 2 aromatic carbocycles. The lowest BCUT2D eigenvalue weighted by Gasteiger charge is -2.05. The molecule has 0 radical (unpaired) electrons. The fraction of sp³-hybridized carbons (Fsp3) is 0. The molecule has 6 nitrogen and oxygen atoms in total. The van der Waals surface area contributed by atoms with Crippen LogP contribution in [0.15, 0.2) is 42.0 Å². The van der Waals surface area contributed by atoms with Crippen molar-refractivity contribution in [1.29, 1.82) is 21.0 Å². The van der Waals surface area contributed by atoms with Gasteiger partial charge in [0.05, 0.1) is 33.5 Å². The zero-order valence-electron chi connectivity index (χ0n) is 13.1. The molecular weight excluding hydrogens is 324 g/mol. The minimum Gasteiger partial charge on any atom is -0.244 e. The largest absolute Gasteiger partial charge is 0.244 e. The van der Waals surface area contributed by atoms with Gasteiger partial charge in [0.1, 0.15) is 29.8 Å². The smallest absolute Gasteiger partial charge is 0.139 e. The first-order valence-electron chi connectivity index (χ1n) is 7.52. The van der Waals surface area contributed by atoms with Gasteiger partial charge in [-0.1, -0.05) is 24.3 Å². The molecule has 1 aliphatic rings. The Kier molecular flexibility index (Phi) is 3.20. The van der Waals surface area contributed by atoms with Crippen molar-refractivity contribution in [2.45, 2.75) is 0 Å². The van der Waals surface area contributed by atoms with Gasteiger partial charge >= 0.3 is 0 Å². The van der Waals surface area contributed by atoms with E-state index in [1.54, 1.807) is 0 Å². The Morgan fingerprint density at radius 3 is 1.81 bits per heavy atom. The molecule has 1 aliphatic carbocycles. The van der Waals surface area contributed by atoms with Crippen LogP contribution in [0.2, 0.25) is 0 Å². The number of hydrogen-bond donors (Lipinski definition) is 0. The summed E-state index contributed by atoms with van der Waals surface area (Å²) in [4.78, 5) is 9.18. The second kappa shape index (κ2) is 5.53. The fourth-order valence-electron chi connectivity index (χ4n) is 3.07. The summed E-state index contributed by atoms with van der Waals surface area (Å²) in [6.07, 6.45) is 0. The van der Waals surface area contributed by atoms with E-state index in [-0.39, 0.29) is 16.7 Å². The molecular formula is C20H6N6. The minimum atomic E-state index is -0.0426. The van der Waals surface area contributed by atoms with Gasteiger partial charge in [-0.25, -0.2) is 9.97 Å². The molecule has 1 aromatic heterocycles. The highest BCUT2D eigenvalue weighted by Gasteiger charge is 2.29. The third kappa shape index (κ3) is 1.95. The first-order valence-corrected chi connectivity index (χ1v) is 7.52. The monoisotopic (exact) mass is 330 g/mol. The van der Waals surface area contributed by atoms with Gasteiger partial charge in [0, 0.05) is 11.1 Å². The molecule has 0 bridgehead atoms. The highest BCUT2D eigenvalue weighted by Crippen LogP contribution is 2.44. The summed E-state index contributed by atoms with van der Waals surface area (Å²) in [5.74, 6) is 0. The van der Waals surface area contributed by atoms with E-state index in [1.165, 1.54) is 12.1 Å². The molecule has 0 amide bonds. The normalized spacial score (nSPS) is 10.8. The van der Waals surface area contributed by atoms with E-state index >= 15 is 0 Å². The van der Waals surface area contributed by atoms with Crippen molar-refractivity contribution < 1.29 is 0 Å². The zero-order chi connectivity index (χ0) is 18.3. The Labute approximate surface area is 148 Å². The number of aromatic nitrogens is 2. The maximum Gasteiger partial charge on any atom is 0.139 e. The maximum absolute atomic E-state index is 9.34. The molecule has 0 atom stereocenters. The zero-order valence-corrected chi connectivity index (χ0v) is 13.1. The van der Waals surface area contributed by atoms with Gasteiger partial charge in [-0.05, 0) is 17.7 Å². The molecule has 0 saturated heterocycles. The van der Waals surface area contributed by atoms with E-state index in [4.69, 9.17) is 0 Å². The minimum absolute atomic E-state index is 0.0426. The van der Waals surface area contributed by atoms with Crippen LogP contribution < -0.4 is 0 Å². The molecule has 26 heavy (non-hydrogen) atoms. The molecule has 116 valence electrons. The number of allylic oxidation sites excluding steroid dienone is 1. The molecule has 0 fully saturated rings. The summed E-state index contributed by atoms with van der Waals surface area (Å²) < 4.78 is 0. The van der Waals surface area contributed by atoms with Crippen molar-refractivity contribution in [3.8, 4) is 35.5 Å². The van der Waals surface area contributed by atoms with Crippen molar-refractivity contribution in [2.24, 2.45) is 0 Å². The van der Waals surface area contributed by atoms with E-state index in [2.05, 4.69) is 9.97 Å². The Balaban J connectivity index is 2.16. The van der Waals surface area contributed by atoms with Crippen LogP contribution in [0.25, 0.3) is 27.9 Å². The van der Waals surface area contributed by atoms with Gasteiger partial charge in [-0.2, -0.15) is 21.0 Å². The topological polar surface area (TPSA) is 121 Å². The molecule has 6 heteroatoms. The van der Waals surface area contributed by atoms with Gasteiger partial charge in [0.25, 0.3) is 0 Å². The van der Waals surface area contributed by atoms with Gasteiger partial charge in [-0.15, -0.1) is 0 Å². The van der Waals surface area contributed by atoms with Gasteiger partial charge in [-0.3, -0.25) is 0 Å². The van der Waals surface area contributed by atoms with Gasteiger partial charge < -0.3 is 0 Å².